The lowest BCUT2D eigenvalue weighted by molar-refractivity contribution is -0.139. The fourth-order valence-electron chi connectivity index (χ4n) is 4.80. The van der Waals surface area contributed by atoms with Crippen LogP contribution >= 0.6 is 0 Å². The molecule has 0 aliphatic carbocycles. The number of tetrazole rings is 1. The van der Waals surface area contributed by atoms with Crippen LogP contribution < -0.4 is 0 Å². The van der Waals surface area contributed by atoms with Crippen LogP contribution in [0.5, 0.6) is 0 Å². The Bertz CT molecular complexity index is 1020. The van der Waals surface area contributed by atoms with E-state index in [1.165, 1.54) is 22.0 Å². The maximum atomic E-state index is 13.7. The zero-order valence-corrected chi connectivity index (χ0v) is 17.4. The number of amides is 1. The van der Waals surface area contributed by atoms with E-state index >= 15 is 0 Å². The van der Waals surface area contributed by atoms with Gasteiger partial charge in [0.15, 0.2) is 5.82 Å². The van der Waals surface area contributed by atoms with Crippen molar-refractivity contribution in [2.45, 2.75) is 31.7 Å². The monoisotopic (exact) mass is 442 g/mol. The maximum Gasteiger partial charge on any atom is 0.333 e. The molecule has 1 atom stereocenters. The van der Waals surface area contributed by atoms with Gasteiger partial charge in [-0.3, -0.25) is 9.78 Å². The lowest BCUT2D eigenvalue weighted by Gasteiger charge is -2.37. The Labute approximate surface area is 183 Å². The highest BCUT2D eigenvalue weighted by Gasteiger charge is 2.53. The number of halogens is 1. The second kappa shape index (κ2) is 8.34. The summed E-state index contributed by atoms with van der Waals surface area (Å²) in [5.41, 5.74) is 0.777. The first-order valence-electron chi connectivity index (χ1n) is 10.6. The van der Waals surface area contributed by atoms with E-state index in [9.17, 15) is 14.0 Å². The molecule has 1 unspecified atom stereocenters. The van der Waals surface area contributed by atoms with E-state index in [0.29, 0.717) is 30.8 Å². The molecule has 0 radical (unpaired) electrons. The molecule has 5 heterocycles. The Morgan fingerprint density at radius 1 is 1.19 bits per heavy atom. The molecule has 2 aromatic rings. The van der Waals surface area contributed by atoms with Gasteiger partial charge in [-0.25, -0.2) is 14.2 Å². The second-order valence-electron chi connectivity index (χ2n) is 8.42. The third kappa shape index (κ3) is 3.74. The number of hydrogen-bond acceptors (Lipinski definition) is 9. The normalized spacial score (nSPS) is 23.1. The average molecular weight is 442 g/mol. The van der Waals surface area contributed by atoms with Gasteiger partial charge in [0.2, 0.25) is 5.91 Å². The number of ether oxygens (including phenoxy) is 1. The van der Waals surface area contributed by atoms with Gasteiger partial charge in [-0.1, -0.05) is 0 Å². The smallest absolute Gasteiger partial charge is 0.333 e. The second-order valence-corrected chi connectivity index (χ2v) is 8.42. The van der Waals surface area contributed by atoms with Crippen LogP contribution in [0.2, 0.25) is 0 Å². The van der Waals surface area contributed by atoms with Gasteiger partial charge in [-0.2, -0.15) is 4.68 Å². The minimum Gasteiger partial charge on any atom is -0.456 e. The summed E-state index contributed by atoms with van der Waals surface area (Å²) in [5, 5.41) is 10.9. The molecule has 1 amide bonds. The number of carbonyl (C=O) groups excluding carboxylic acids is 2. The summed E-state index contributed by atoms with van der Waals surface area (Å²) in [6.07, 6.45) is 8.66. The molecular weight excluding hydrogens is 419 g/mol. The number of esters is 1. The summed E-state index contributed by atoms with van der Waals surface area (Å²) in [6.45, 7) is 1.72. The number of piperidine rings is 1. The van der Waals surface area contributed by atoms with Gasteiger partial charge in [-0.15, -0.1) is 5.10 Å². The van der Waals surface area contributed by atoms with E-state index in [1.807, 2.05) is 0 Å². The van der Waals surface area contributed by atoms with Gasteiger partial charge in [0, 0.05) is 19.0 Å². The molecule has 0 bridgehead atoms. The van der Waals surface area contributed by atoms with Crippen molar-refractivity contribution in [1.82, 2.24) is 40.0 Å². The zero-order valence-electron chi connectivity index (χ0n) is 17.4. The number of carbonyl (C=O) groups is 2. The Morgan fingerprint density at radius 2 is 2.03 bits per heavy atom. The molecule has 0 aromatic carbocycles. The van der Waals surface area contributed by atoms with Gasteiger partial charge < -0.3 is 14.5 Å². The minimum absolute atomic E-state index is 0.0382. The Balaban J connectivity index is 1.17. The predicted octanol–water partition coefficient (Wildman–Crippen LogP) is 0.0881. The van der Waals surface area contributed by atoms with Crippen LogP contribution in [0.15, 0.2) is 30.5 Å². The first-order valence-corrected chi connectivity index (χ1v) is 10.6. The van der Waals surface area contributed by atoms with Crippen LogP contribution in [0, 0.1) is 5.41 Å². The molecule has 12 heteroatoms. The van der Waals surface area contributed by atoms with Crippen molar-refractivity contribution < 1.29 is 18.7 Å². The molecule has 0 N–H and O–H groups in total. The summed E-state index contributed by atoms with van der Waals surface area (Å²) in [4.78, 5) is 37.2. The van der Waals surface area contributed by atoms with Crippen LogP contribution in [0.1, 0.15) is 25.0 Å². The van der Waals surface area contributed by atoms with Crippen molar-refractivity contribution in [3.05, 3.63) is 36.2 Å². The van der Waals surface area contributed by atoms with E-state index < -0.39 is 24.1 Å². The standard InChI is InChI=1S/C20H23FN8O3/c21-9-16-8-20(19(31)29(16)15-7-18(30)32-12-15)2-5-27(6-3-20)4-1-14-10-23-17(11-22-14)28-13-24-25-26-28/h7,10-11,13,16H,1-6,8-9,12H2. The number of nitrogens with zero attached hydrogens (tertiary/aromatic N) is 8. The quantitative estimate of drug-likeness (QED) is 0.573. The first kappa shape index (κ1) is 20.6. The van der Waals surface area contributed by atoms with Crippen LogP contribution in [0.3, 0.4) is 0 Å². The molecule has 0 saturated carbocycles. The summed E-state index contributed by atoms with van der Waals surface area (Å²) >= 11 is 0. The van der Waals surface area contributed by atoms with Crippen molar-refractivity contribution in [3.63, 3.8) is 0 Å². The fourth-order valence-corrected chi connectivity index (χ4v) is 4.80. The van der Waals surface area contributed by atoms with Gasteiger partial charge in [-0.05, 0) is 42.8 Å². The van der Waals surface area contributed by atoms with E-state index in [4.69, 9.17) is 4.74 Å². The zero-order chi connectivity index (χ0) is 22.1. The lowest BCUT2D eigenvalue weighted by Crippen LogP contribution is -2.45. The fraction of sp³-hybridized carbons (Fsp3) is 0.550. The van der Waals surface area contributed by atoms with Gasteiger partial charge in [0.25, 0.3) is 0 Å². The molecule has 5 rings (SSSR count). The van der Waals surface area contributed by atoms with Gasteiger partial charge in [0.1, 0.15) is 19.6 Å². The number of alkyl halides is 1. The molecule has 3 aliphatic heterocycles. The third-order valence-corrected chi connectivity index (χ3v) is 6.57. The number of likely N-dealkylation sites (tertiary alicyclic amines) is 2. The first-order chi connectivity index (χ1) is 15.6. The van der Waals surface area contributed by atoms with Crippen molar-refractivity contribution in [1.29, 1.82) is 0 Å². The molecule has 2 fully saturated rings. The SMILES string of the molecule is O=C1C=C(N2C(=O)C3(CCN(CCc4cnc(-n5cnnn5)cn4)CC3)CC2CF)CO1. The van der Waals surface area contributed by atoms with E-state index in [1.54, 1.807) is 12.4 Å². The van der Waals surface area contributed by atoms with Crippen molar-refractivity contribution in [2.75, 3.05) is 32.9 Å². The highest BCUT2D eigenvalue weighted by atomic mass is 19.1. The maximum absolute atomic E-state index is 13.7. The van der Waals surface area contributed by atoms with Crippen molar-refractivity contribution in [2.24, 2.45) is 5.41 Å². The van der Waals surface area contributed by atoms with E-state index in [2.05, 4.69) is 30.4 Å². The number of rotatable bonds is 6. The Kier molecular flexibility index (Phi) is 5.37. The van der Waals surface area contributed by atoms with Crippen LogP contribution in [-0.4, -0.2) is 90.8 Å². The highest BCUT2D eigenvalue weighted by molar-refractivity contribution is 5.91. The van der Waals surface area contributed by atoms with Crippen molar-refractivity contribution >= 4 is 11.9 Å². The average Bonchev–Trinajstić information content (AvgIpc) is 3.55. The largest absolute Gasteiger partial charge is 0.456 e. The van der Waals surface area contributed by atoms with Crippen LogP contribution in [0.4, 0.5) is 4.39 Å². The number of aromatic nitrogens is 6. The molecule has 11 nitrogen and oxygen atoms in total. The molecular formula is C20H23FN8O3. The van der Waals surface area contributed by atoms with E-state index in [0.717, 1.165) is 31.7 Å². The molecule has 168 valence electrons. The molecule has 2 saturated heterocycles. The third-order valence-electron chi connectivity index (χ3n) is 6.57. The summed E-state index contributed by atoms with van der Waals surface area (Å²) in [7, 11) is 0. The topological polar surface area (TPSA) is 119 Å². The minimum atomic E-state index is -0.623. The summed E-state index contributed by atoms with van der Waals surface area (Å²) in [6, 6.07) is -0.524. The lowest BCUT2D eigenvalue weighted by atomic mass is 9.76. The Morgan fingerprint density at radius 3 is 2.66 bits per heavy atom. The summed E-state index contributed by atoms with van der Waals surface area (Å²) < 4.78 is 20.1. The molecule has 2 aromatic heterocycles. The predicted molar refractivity (Wildman–Crippen MR) is 107 cm³/mol. The van der Waals surface area contributed by atoms with E-state index in [-0.39, 0.29) is 12.5 Å². The Hall–Kier alpha value is -3.28. The van der Waals surface area contributed by atoms with Gasteiger partial charge >= 0.3 is 5.97 Å². The van der Waals surface area contributed by atoms with Crippen molar-refractivity contribution in [3.8, 4) is 5.82 Å². The molecule has 1 spiro atoms. The van der Waals surface area contributed by atoms with Crippen LogP contribution in [-0.2, 0) is 20.7 Å². The van der Waals surface area contributed by atoms with Gasteiger partial charge in [0.05, 0.1) is 35.2 Å². The molecule has 32 heavy (non-hydrogen) atoms. The number of hydrogen-bond donors (Lipinski definition) is 0. The summed E-state index contributed by atoms with van der Waals surface area (Å²) in [5.74, 6) is -0.00136. The molecule has 3 aliphatic rings. The number of cyclic esters (lactones) is 1. The van der Waals surface area contributed by atoms with Crippen LogP contribution in [0.25, 0.3) is 5.82 Å². The highest BCUT2D eigenvalue weighted by Crippen LogP contribution is 2.46.